The molecule has 0 aromatic heterocycles. The van der Waals surface area contributed by atoms with Gasteiger partial charge in [0.1, 0.15) is 5.82 Å². The van der Waals surface area contributed by atoms with Gasteiger partial charge < -0.3 is 0 Å². The number of halogens is 2. The summed E-state index contributed by atoms with van der Waals surface area (Å²) >= 11 is 6.17. The fourth-order valence-corrected chi connectivity index (χ4v) is 7.66. The number of hydrogen-bond acceptors (Lipinski definition) is 0. The maximum absolute atomic E-state index is 14.7. The summed E-state index contributed by atoms with van der Waals surface area (Å²) in [5.41, 5.74) is 2.73. The van der Waals surface area contributed by atoms with Gasteiger partial charge in [0.15, 0.2) is 0 Å². The van der Waals surface area contributed by atoms with E-state index in [2.05, 4.69) is 13.0 Å². The first-order valence-corrected chi connectivity index (χ1v) is 15.1. The second-order valence-corrected chi connectivity index (χ2v) is 12.4. The molecular formula is C32H48ClF. The number of aryl methyl sites for hydroxylation is 1. The summed E-state index contributed by atoms with van der Waals surface area (Å²) in [4.78, 5) is 0. The van der Waals surface area contributed by atoms with Gasteiger partial charge in [0, 0.05) is 5.56 Å². The molecule has 0 N–H and O–H groups in total. The molecule has 2 fully saturated rings. The molecular weight excluding hydrogens is 439 g/mol. The van der Waals surface area contributed by atoms with E-state index >= 15 is 0 Å². The third-order valence-corrected chi connectivity index (χ3v) is 10.3. The first-order valence-electron chi connectivity index (χ1n) is 14.7. The van der Waals surface area contributed by atoms with E-state index in [-0.39, 0.29) is 5.82 Å². The van der Waals surface area contributed by atoms with Crippen LogP contribution in [0, 0.1) is 42.3 Å². The van der Waals surface area contributed by atoms with Gasteiger partial charge in [0.05, 0.1) is 5.02 Å². The molecule has 3 aliphatic rings. The average Bonchev–Trinajstić information content (AvgIpc) is 2.88. The van der Waals surface area contributed by atoms with Gasteiger partial charge in [-0.15, -0.1) is 0 Å². The molecule has 0 nitrogen and oxygen atoms in total. The molecule has 0 spiro atoms. The van der Waals surface area contributed by atoms with Gasteiger partial charge >= 0.3 is 0 Å². The van der Waals surface area contributed by atoms with E-state index in [0.717, 1.165) is 53.6 Å². The number of allylic oxidation sites excluding steroid dienone is 2. The lowest BCUT2D eigenvalue weighted by atomic mass is 9.65. The summed E-state index contributed by atoms with van der Waals surface area (Å²) < 4.78 is 14.7. The van der Waals surface area contributed by atoms with E-state index in [4.69, 9.17) is 11.6 Å². The van der Waals surface area contributed by atoms with Crippen molar-refractivity contribution in [2.24, 2.45) is 29.6 Å². The minimum absolute atomic E-state index is 0.224. The second-order valence-electron chi connectivity index (χ2n) is 12.0. The topological polar surface area (TPSA) is 0 Å². The molecule has 0 saturated heterocycles. The Bertz CT molecular complexity index is 795. The molecule has 2 saturated carbocycles. The van der Waals surface area contributed by atoms with Gasteiger partial charge in [-0.3, -0.25) is 0 Å². The predicted octanol–water partition coefficient (Wildman–Crippen LogP) is 10.9. The molecule has 2 heteroatoms. The SMILES string of the molecule is CCCCCCCC1CCC(C2CCC(C3CC=C(c4ccc(C)c(Cl)c4F)CC3)CC2)CC1. The smallest absolute Gasteiger partial charge is 0.149 e. The highest BCUT2D eigenvalue weighted by Gasteiger charge is 2.33. The molecule has 1 aromatic rings. The van der Waals surface area contributed by atoms with Crippen LogP contribution in [0.5, 0.6) is 0 Å². The largest absolute Gasteiger partial charge is 0.205 e. The molecule has 34 heavy (non-hydrogen) atoms. The molecule has 0 amide bonds. The van der Waals surface area contributed by atoms with Gasteiger partial charge in [-0.1, -0.05) is 88.1 Å². The Morgan fingerprint density at radius 3 is 2.03 bits per heavy atom. The first kappa shape index (κ1) is 26.2. The zero-order valence-corrected chi connectivity index (χ0v) is 22.7. The molecule has 3 aliphatic carbocycles. The van der Waals surface area contributed by atoms with Crippen LogP contribution in [0.1, 0.15) is 127 Å². The van der Waals surface area contributed by atoms with Crippen molar-refractivity contribution in [2.45, 2.75) is 123 Å². The highest BCUT2D eigenvalue weighted by atomic mass is 35.5. The van der Waals surface area contributed by atoms with Crippen molar-refractivity contribution in [2.75, 3.05) is 0 Å². The molecule has 190 valence electrons. The highest BCUT2D eigenvalue weighted by Crippen LogP contribution is 2.46. The monoisotopic (exact) mass is 486 g/mol. The number of unbranched alkanes of at least 4 members (excludes halogenated alkanes) is 4. The lowest BCUT2D eigenvalue weighted by Crippen LogP contribution is -2.28. The van der Waals surface area contributed by atoms with Crippen molar-refractivity contribution in [1.29, 1.82) is 0 Å². The zero-order valence-electron chi connectivity index (χ0n) is 21.9. The van der Waals surface area contributed by atoms with Gasteiger partial charge in [0.2, 0.25) is 0 Å². The fourth-order valence-electron chi connectivity index (χ4n) is 7.49. The summed E-state index contributed by atoms with van der Waals surface area (Å²) in [6.45, 7) is 4.18. The minimum Gasteiger partial charge on any atom is -0.205 e. The lowest BCUT2D eigenvalue weighted by Gasteiger charge is -2.40. The molecule has 0 aliphatic heterocycles. The maximum Gasteiger partial charge on any atom is 0.149 e. The molecule has 0 radical (unpaired) electrons. The highest BCUT2D eigenvalue weighted by molar-refractivity contribution is 6.31. The molecule has 0 bridgehead atoms. The van der Waals surface area contributed by atoms with Gasteiger partial charge in [-0.05, 0) is 105 Å². The summed E-state index contributed by atoms with van der Waals surface area (Å²) in [5, 5.41) is 0.292. The number of rotatable bonds is 9. The van der Waals surface area contributed by atoms with Crippen molar-refractivity contribution in [3.63, 3.8) is 0 Å². The molecule has 0 heterocycles. The van der Waals surface area contributed by atoms with Crippen molar-refractivity contribution >= 4 is 17.2 Å². The molecule has 1 atom stereocenters. The van der Waals surface area contributed by atoms with Crippen molar-refractivity contribution in [1.82, 2.24) is 0 Å². The van der Waals surface area contributed by atoms with Crippen LogP contribution >= 0.6 is 11.6 Å². The van der Waals surface area contributed by atoms with Crippen LogP contribution in [0.4, 0.5) is 4.39 Å². The summed E-state index contributed by atoms with van der Waals surface area (Å²) in [7, 11) is 0. The molecule has 4 rings (SSSR count). The maximum atomic E-state index is 14.7. The summed E-state index contributed by atoms with van der Waals surface area (Å²) in [5.74, 6) is 4.52. The van der Waals surface area contributed by atoms with Crippen LogP contribution in [0.3, 0.4) is 0 Å². The average molecular weight is 487 g/mol. The quantitative estimate of drug-likeness (QED) is 0.304. The van der Waals surface area contributed by atoms with Crippen LogP contribution in [0.25, 0.3) is 5.57 Å². The van der Waals surface area contributed by atoms with E-state index in [1.807, 2.05) is 19.1 Å². The summed E-state index contributed by atoms with van der Waals surface area (Å²) in [6.07, 6.45) is 26.2. The third-order valence-electron chi connectivity index (χ3n) is 9.83. The van der Waals surface area contributed by atoms with Gasteiger partial charge in [0.25, 0.3) is 0 Å². The number of hydrogen-bond donors (Lipinski definition) is 0. The van der Waals surface area contributed by atoms with Crippen molar-refractivity contribution in [3.05, 3.63) is 40.2 Å². The first-order chi connectivity index (χ1) is 16.6. The molecule has 1 aromatic carbocycles. The van der Waals surface area contributed by atoms with E-state index in [1.54, 1.807) is 0 Å². The lowest BCUT2D eigenvalue weighted by molar-refractivity contribution is 0.120. The Morgan fingerprint density at radius 1 is 0.794 bits per heavy atom. The van der Waals surface area contributed by atoms with E-state index in [0.29, 0.717) is 5.02 Å². The third kappa shape index (κ3) is 6.68. The van der Waals surface area contributed by atoms with Crippen molar-refractivity contribution in [3.8, 4) is 0 Å². The standard InChI is InChI=1S/C32H48ClF/c1-3-4-5-6-7-8-24-10-12-25(13-11-24)26-14-16-27(17-15-26)28-18-20-29(21-19-28)30-22-9-23(2)31(33)32(30)34/h9,20,22,24-28H,3-8,10-19,21H2,1-2H3. The normalized spacial score (nSPS) is 30.2. The summed E-state index contributed by atoms with van der Waals surface area (Å²) in [6, 6.07) is 3.88. The number of benzene rings is 1. The zero-order chi connectivity index (χ0) is 23.9. The Balaban J connectivity index is 1.18. The Labute approximate surface area is 214 Å². The Hall–Kier alpha value is -0.820. The Morgan fingerprint density at radius 2 is 1.41 bits per heavy atom. The van der Waals surface area contributed by atoms with Gasteiger partial charge in [-0.25, -0.2) is 4.39 Å². The van der Waals surface area contributed by atoms with Crippen LogP contribution in [0.2, 0.25) is 5.02 Å². The van der Waals surface area contributed by atoms with Crippen molar-refractivity contribution < 1.29 is 4.39 Å². The van der Waals surface area contributed by atoms with E-state index < -0.39 is 0 Å². The second kappa shape index (κ2) is 12.9. The van der Waals surface area contributed by atoms with Gasteiger partial charge in [-0.2, -0.15) is 0 Å². The van der Waals surface area contributed by atoms with E-state index in [9.17, 15) is 4.39 Å². The fraction of sp³-hybridized carbons (Fsp3) is 0.750. The predicted molar refractivity (Wildman–Crippen MR) is 146 cm³/mol. The molecule has 1 unspecified atom stereocenters. The van der Waals surface area contributed by atoms with E-state index in [1.165, 1.54) is 102 Å². The van der Waals surface area contributed by atoms with Crippen LogP contribution < -0.4 is 0 Å². The van der Waals surface area contributed by atoms with Crippen LogP contribution in [0.15, 0.2) is 18.2 Å². The van der Waals surface area contributed by atoms with Crippen LogP contribution in [-0.4, -0.2) is 0 Å². The minimum atomic E-state index is -0.224. The Kier molecular flexibility index (Phi) is 9.99. The van der Waals surface area contributed by atoms with Crippen LogP contribution in [-0.2, 0) is 0 Å².